The summed E-state index contributed by atoms with van der Waals surface area (Å²) in [5.41, 5.74) is 1.26. The number of ketones is 1. The highest BCUT2D eigenvalue weighted by Crippen LogP contribution is 2.17. The summed E-state index contributed by atoms with van der Waals surface area (Å²) < 4.78 is 5.49. The van der Waals surface area contributed by atoms with Crippen molar-refractivity contribution < 1.29 is 9.53 Å². The summed E-state index contributed by atoms with van der Waals surface area (Å²) >= 11 is 0. The van der Waals surface area contributed by atoms with Gasteiger partial charge in [-0.2, -0.15) is 0 Å². The summed E-state index contributed by atoms with van der Waals surface area (Å²) in [6, 6.07) is 0. The third-order valence-electron chi connectivity index (χ3n) is 3.01. The maximum atomic E-state index is 11.6. The van der Waals surface area contributed by atoms with E-state index in [4.69, 9.17) is 4.74 Å². The van der Waals surface area contributed by atoms with Crippen LogP contribution in [0.25, 0.3) is 0 Å². The van der Waals surface area contributed by atoms with Gasteiger partial charge in [-0.05, 0) is 38.2 Å². The number of hydrogen-bond acceptors (Lipinski definition) is 2. The number of carbonyl (C=O) groups is 1. The molecule has 15 heavy (non-hydrogen) atoms. The van der Waals surface area contributed by atoms with Gasteiger partial charge in [-0.25, -0.2) is 0 Å². The second-order valence-electron chi connectivity index (χ2n) is 4.15. The molecule has 86 valence electrons. The predicted molar refractivity (Wildman–Crippen MR) is 61.9 cm³/mol. The lowest BCUT2D eigenvalue weighted by Crippen LogP contribution is -2.07. The Morgan fingerprint density at radius 3 is 2.67 bits per heavy atom. The maximum absolute atomic E-state index is 11.6. The van der Waals surface area contributed by atoms with Gasteiger partial charge in [-0.15, -0.1) is 0 Å². The molecular formula is C13H22O2. The largest absolute Gasteiger partial charge is 0.378 e. The van der Waals surface area contributed by atoms with E-state index in [2.05, 4.69) is 13.8 Å². The maximum Gasteiger partial charge on any atom is 0.155 e. The van der Waals surface area contributed by atoms with E-state index in [9.17, 15) is 4.79 Å². The molecule has 1 aliphatic rings. The second-order valence-corrected chi connectivity index (χ2v) is 4.15. The van der Waals surface area contributed by atoms with Crippen LogP contribution in [0.15, 0.2) is 11.6 Å². The van der Waals surface area contributed by atoms with Gasteiger partial charge >= 0.3 is 0 Å². The first-order chi connectivity index (χ1) is 7.26. The van der Waals surface area contributed by atoms with Gasteiger partial charge in [0.1, 0.15) is 0 Å². The van der Waals surface area contributed by atoms with Crippen LogP contribution in [0.5, 0.6) is 0 Å². The zero-order valence-electron chi connectivity index (χ0n) is 9.92. The Bertz CT molecular complexity index is 219. The molecule has 1 aliphatic heterocycles. The van der Waals surface area contributed by atoms with Gasteiger partial charge in [0.15, 0.2) is 5.78 Å². The molecule has 1 unspecified atom stereocenters. The predicted octanol–water partition coefficient (Wildman–Crippen LogP) is 3.26. The lowest BCUT2D eigenvalue weighted by atomic mass is 10.0. The molecule has 0 bridgehead atoms. The average Bonchev–Trinajstić information content (AvgIpc) is 2.75. The van der Waals surface area contributed by atoms with Crippen LogP contribution < -0.4 is 0 Å². The number of carbonyl (C=O) groups excluding carboxylic acids is 1. The Kier molecular flexibility index (Phi) is 5.62. The van der Waals surface area contributed by atoms with E-state index < -0.39 is 0 Å². The van der Waals surface area contributed by atoms with Gasteiger partial charge in [0.05, 0.1) is 6.10 Å². The van der Waals surface area contributed by atoms with Gasteiger partial charge in [0.2, 0.25) is 0 Å². The average molecular weight is 210 g/mol. The third-order valence-corrected chi connectivity index (χ3v) is 3.01. The topological polar surface area (TPSA) is 26.3 Å². The molecule has 2 heteroatoms. The van der Waals surface area contributed by atoms with Crippen molar-refractivity contribution in [2.75, 3.05) is 6.61 Å². The van der Waals surface area contributed by atoms with Crippen molar-refractivity contribution in [3.05, 3.63) is 11.6 Å². The second kappa shape index (κ2) is 6.78. The zero-order valence-corrected chi connectivity index (χ0v) is 9.92. The van der Waals surface area contributed by atoms with Crippen LogP contribution in [0.3, 0.4) is 0 Å². The molecule has 1 heterocycles. The summed E-state index contributed by atoms with van der Waals surface area (Å²) in [4.78, 5) is 11.6. The first-order valence-electron chi connectivity index (χ1n) is 6.10. The monoisotopic (exact) mass is 210 g/mol. The minimum Gasteiger partial charge on any atom is -0.378 e. The van der Waals surface area contributed by atoms with E-state index >= 15 is 0 Å². The molecule has 1 rings (SSSR count). The van der Waals surface area contributed by atoms with Crippen molar-refractivity contribution >= 4 is 5.78 Å². The van der Waals surface area contributed by atoms with Crippen LogP contribution in [-0.2, 0) is 9.53 Å². The number of allylic oxidation sites excluding steroid dienone is 2. The quantitative estimate of drug-likeness (QED) is 0.629. The molecular weight excluding hydrogens is 188 g/mol. The Morgan fingerprint density at radius 1 is 1.40 bits per heavy atom. The van der Waals surface area contributed by atoms with Crippen molar-refractivity contribution in [1.82, 2.24) is 0 Å². The fraction of sp³-hybridized carbons (Fsp3) is 0.769. The molecule has 1 fully saturated rings. The standard InChI is InChI=1S/C13H22O2/c1-3-11(4-2)10-12(14)7-8-13-6-5-9-15-13/h10,13H,3-9H2,1-2H3. The highest BCUT2D eigenvalue weighted by molar-refractivity contribution is 5.90. The Balaban J connectivity index is 2.25. The molecule has 0 spiro atoms. The van der Waals surface area contributed by atoms with E-state index in [0.717, 1.165) is 38.7 Å². The molecule has 0 aromatic rings. The molecule has 0 N–H and O–H groups in total. The highest BCUT2D eigenvalue weighted by Gasteiger charge is 2.15. The van der Waals surface area contributed by atoms with Crippen LogP contribution in [-0.4, -0.2) is 18.5 Å². The summed E-state index contributed by atoms with van der Waals surface area (Å²) in [6.45, 7) is 5.08. The van der Waals surface area contributed by atoms with E-state index in [1.807, 2.05) is 6.08 Å². The summed E-state index contributed by atoms with van der Waals surface area (Å²) in [5.74, 6) is 0.268. The van der Waals surface area contributed by atoms with Gasteiger partial charge in [-0.1, -0.05) is 19.4 Å². The first kappa shape index (κ1) is 12.4. The van der Waals surface area contributed by atoms with Crippen molar-refractivity contribution in [2.24, 2.45) is 0 Å². The van der Waals surface area contributed by atoms with Crippen molar-refractivity contribution in [3.8, 4) is 0 Å². The third kappa shape index (κ3) is 4.61. The smallest absolute Gasteiger partial charge is 0.155 e. The van der Waals surface area contributed by atoms with Gasteiger partial charge < -0.3 is 4.74 Å². The summed E-state index contributed by atoms with van der Waals surface area (Å²) in [7, 11) is 0. The fourth-order valence-electron chi connectivity index (χ4n) is 1.93. The van der Waals surface area contributed by atoms with E-state index in [-0.39, 0.29) is 5.78 Å². The minimum atomic E-state index is 0.268. The van der Waals surface area contributed by atoms with Gasteiger partial charge in [0.25, 0.3) is 0 Å². The number of ether oxygens (including phenoxy) is 1. The van der Waals surface area contributed by atoms with Crippen LogP contribution in [0, 0.1) is 0 Å². The lowest BCUT2D eigenvalue weighted by Gasteiger charge is -2.07. The van der Waals surface area contributed by atoms with Crippen LogP contribution in [0.4, 0.5) is 0 Å². The number of hydrogen-bond donors (Lipinski definition) is 0. The number of rotatable bonds is 6. The normalized spacial score (nSPS) is 20.3. The van der Waals surface area contributed by atoms with Gasteiger partial charge in [0, 0.05) is 13.0 Å². The molecule has 1 saturated heterocycles. The Hall–Kier alpha value is -0.630. The molecule has 1 atom stereocenters. The van der Waals surface area contributed by atoms with Crippen LogP contribution in [0.2, 0.25) is 0 Å². The molecule has 2 nitrogen and oxygen atoms in total. The van der Waals surface area contributed by atoms with Gasteiger partial charge in [-0.3, -0.25) is 4.79 Å². The minimum absolute atomic E-state index is 0.268. The fourth-order valence-corrected chi connectivity index (χ4v) is 1.93. The zero-order chi connectivity index (χ0) is 11.1. The summed E-state index contributed by atoms with van der Waals surface area (Å²) in [5, 5.41) is 0. The molecule has 0 radical (unpaired) electrons. The van der Waals surface area contributed by atoms with E-state index in [1.54, 1.807) is 0 Å². The molecule has 0 saturated carbocycles. The molecule has 0 amide bonds. The van der Waals surface area contributed by atoms with E-state index in [0.29, 0.717) is 12.5 Å². The SMILES string of the molecule is CCC(=CC(=O)CCC1CCCO1)CC. The molecule has 0 aromatic carbocycles. The van der Waals surface area contributed by atoms with E-state index in [1.165, 1.54) is 5.57 Å². The van der Waals surface area contributed by atoms with Crippen molar-refractivity contribution in [2.45, 2.75) is 58.5 Å². The Labute approximate surface area is 92.7 Å². The van der Waals surface area contributed by atoms with Crippen LogP contribution in [0.1, 0.15) is 52.4 Å². The Morgan fingerprint density at radius 2 is 2.13 bits per heavy atom. The highest BCUT2D eigenvalue weighted by atomic mass is 16.5. The first-order valence-corrected chi connectivity index (χ1v) is 6.10. The molecule has 0 aromatic heterocycles. The molecule has 0 aliphatic carbocycles. The van der Waals surface area contributed by atoms with Crippen molar-refractivity contribution in [3.63, 3.8) is 0 Å². The summed E-state index contributed by atoms with van der Waals surface area (Å²) in [6.07, 6.45) is 7.98. The van der Waals surface area contributed by atoms with Crippen molar-refractivity contribution in [1.29, 1.82) is 0 Å². The van der Waals surface area contributed by atoms with Crippen LogP contribution >= 0.6 is 0 Å². The lowest BCUT2D eigenvalue weighted by molar-refractivity contribution is -0.115.